The maximum absolute atomic E-state index is 13.2. The van der Waals surface area contributed by atoms with Crippen molar-refractivity contribution in [2.75, 3.05) is 0 Å². The number of carboxylic acids is 1. The van der Waals surface area contributed by atoms with Crippen LogP contribution in [0.5, 0.6) is 5.75 Å². The number of benzene rings is 1. The average molecular weight is 290 g/mol. The number of ether oxygens (including phenoxy) is 1. The minimum atomic E-state index is -0.978. The lowest BCUT2D eigenvalue weighted by atomic mass is 10.1. The standard InChI is InChI=1S/C15H15FN2O3/c1-8-14(15(19)20)9(2)18(17-8)7-12-6-10-5-11(16)3-4-13(10)21-12/h3-5,12H,6-7H2,1-2H3,(H,19,20). The molecule has 0 spiro atoms. The number of hydrogen-bond donors (Lipinski definition) is 1. The number of aromatic carboxylic acids is 1. The molecule has 1 aliphatic heterocycles. The molecule has 0 fully saturated rings. The summed E-state index contributed by atoms with van der Waals surface area (Å²) in [5.74, 6) is -0.576. The van der Waals surface area contributed by atoms with Crippen LogP contribution in [-0.4, -0.2) is 27.0 Å². The summed E-state index contributed by atoms with van der Waals surface area (Å²) in [5, 5.41) is 13.4. The van der Waals surface area contributed by atoms with Gasteiger partial charge in [-0.05, 0) is 32.0 Å². The summed E-state index contributed by atoms with van der Waals surface area (Å²) in [7, 11) is 0. The quantitative estimate of drug-likeness (QED) is 0.942. The van der Waals surface area contributed by atoms with E-state index in [2.05, 4.69) is 5.10 Å². The number of carbonyl (C=O) groups is 1. The Morgan fingerprint density at radius 1 is 1.52 bits per heavy atom. The first-order valence-corrected chi connectivity index (χ1v) is 6.68. The van der Waals surface area contributed by atoms with Crippen LogP contribution < -0.4 is 4.74 Å². The van der Waals surface area contributed by atoms with Gasteiger partial charge >= 0.3 is 5.97 Å². The van der Waals surface area contributed by atoms with Crippen molar-refractivity contribution < 1.29 is 19.0 Å². The molecule has 2 heterocycles. The van der Waals surface area contributed by atoms with Gasteiger partial charge in [-0.25, -0.2) is 9.18 Å². The van der Waals surface area contributed by atoms with Crippen molar-refractivity contribution in [1.82, 2.24) is 9.78 Å². The van der Waals surface area contributed by atoms with E-state index in [-0.39, 0.29) is 17.5 Å². The van der Waals surface area contributed by atoms with Crippen LogP contribution in [0, 0.1) is 19.7 Å². The highest BCUT2D eigenvalue weighted by molar-refractivity contribution is 5.90. The zero-order valence-electron chi connectivity index (χ0n) is 11.8. The van der Waals surface area contributed by atoms with Gasteiger partial charge in [-0.2, -0.15) is 5.10 Å². The lowest BCUT2D eigenvalue weighted by Gasteiger charge is -2.12. The Balaban J connectivity index is 1.81. The van der Waals surface area contributed by atoms with Crippen LogP contribution in [0.15, 0.2) is 18.2 Å². The van der Waals surface area contributed by atoms with Gasteiger partial charge < -0.3 is 9.84 Å². The van der Waals surface area contributed by atoms with Crippen molar-refractivity contribution in [3.05, 3.63) is 46.5 Å². The van der Waals surface area contributed by atoms with Gasteiger partial charge in [0.15, 0.2) is 0 Å². The van der Waals surface area contributed by atoms with E-state index in [4.69, 9.17) is 9.84 Å². The Kier molecular flexibility index (Phi) is 3.16. The maximum atomic E-state index is 13.2. The molecule has 5 nitrogen and oxygen atoms in total. The van der Waals surface area contributed by atoms with Crippen LogP contribution in [0.3, 0.4) is 0 Å². The summed E-state index contributed by atoms with van der Waals surface area (Å²) >= 11 is 0. The van der Waals surface area contributed by atoms with Crippen LogP contribution in [0.4, 0.5) is 4.39 Å². The molecule has 1 atom stereocenters. The summed E-state index contributed by atoms with van der Waals surface area (Å²) in [6.07, 6.45) is 0.426. The summed E-state index contributed by atoms with van der Waals surface area (Å²) in [6.45, 7) is 3.84. The van der Waals surface area contributed by atoms with Crippen LogP contribution in [0.1, 0.15) is 27.3 Å². The van der Waals surface area contributed by atoms with Gasteiger partial charge in [0.1, 0.15) is 23.2 Å². The van der Waals surface area contributed by atoms with E-state index in [9.17, 15) is 9.18 Å². The molecule has 0 radical (unpaired) electrons. The van der Waals surface area contributed by atoms with Crippen molar-refractivity contribution in [2.24, 2.45) is 0 Å². The van der Waals surface area contributed by atoms with Crippen LogP contribution >= 0.6 is 0 Å². The van der Waals surface area contributed by atoms with Gasteiger partial charge in [0.05, 0.1) is 17.9 Å². The fourth-order valence-electron chi connectivity index (χ4n) is 2.77. The van der Waals surface area contributed by atoms with Crippen molar-refractivity contribution in [3.8, 4) is 5.75 Å². The monoisotopic (exact) mass is 290 g/mol. The van der Waals surface area contributed by atoms with E-state index in [1.807, 2.05) is 0 Å². The molecule has 0 saturated carbocycles. The van der Waals surface area contributed by atoms with Gasteiger partial charge in [0, 0.05) is 12.0 Å². The number of halogens is 1. The normalized spacial score (nSPS) is 16.6. The van der Waals surface area contributed by atoms with Gasteiger partial charge in [-0.3, -0.25) is 4.68 Å². The van der Waals surface area contributed by atoms with E-state index < -0.39 is 5.97 Å². The second-order valence-electron chi connectivity index (χ2n) is 5.23. The lowest BCUT2D eigenvalue weighted by Crippen LogP contribution is -2.22. The Labute approximate surface area is 121 Å². The van der Waals surface area contributed by atoms with Crippen LogP contribution in [-0.2, 0) is 13.0 Å². The van der Waals surface area contributed by atoms with Crippen LogP contribution in [0.25, 0.3) is 0 Å². The zero-order valence-corrected chi connectivity index (χ0v) is 11.8. The fourth-order valence-corrected chi connectivity index (χ4v) is 2.77. The molecule has 1 N–H and O–H groups in total. The number of aromatic nitrogens is 2. The third-order valence-electron chi connectivity index (χ3n) is 3.74. The fraction of sp³-hybridized carbons (Fsp3) is 0.333. The number of carboxylic acid groups (broad SMARTS) is 1. The zero-order chi connectivity index (χ0) is 15.1. The first kappa shape index (κ1) is 13.6. The number of nitrogens with zero attached hydrogens (tertiary/aromatic N) is 2. The number of rotatable bonds is 3. The molecule has 1 unspecified atom stereocenters. The minimum absolute atomic E-state index is 0.165. The van der Waals surface area contributed by atoms with E-state index in [0.717, 1.165) is 5.56 Å². The molecular weight excluding hydrogens is 275 g/mol. The highest BCUT2D eigenvalue weighted by Gasteiger charge is 2.26. The minimum Gasteiger partial charge on any atom is -0.488 e. The molecule has 0 saturated heterocycles. The average Bonchev–Trinajstić information content (AvgIpc) is 2.90. The SMILES string of the molecule is Cc1nn(CC2Cc3cc(F)ccc3O2)c(C)c1C(=O)O. The molecule has 0 amide bonds. The molecule has 1 aromatic carbocycles. The molecule has 0 bridgehead atoms. The number of hydrogen-bond acceptors (Lipinski definition) is 3. The van der Waals surface area contributed by atoms with E-state index >= 15 is 0 Å². The molecule has 21 heavy (non-hydrogen) atoms. The summed E-state index contributed by atoms with van der Waals surface area (Å²) in [6, 6.07) is 4.46. The van der Waals surface area contributed by atoms with Gasteiger partial charge in [0.25, 0.3) is 0 Å². The van der Waals surface area contributed by atoms with Crippen LogP contribution in [0.2, 0.25) is 0 Å². The summed E-state index contributed by atoms with van der Waals surface area (Å²) < 4.78 is 20.6. The van der Waals surface area contributed by atoms with Gasteiger partial charge in [-0.1, -0.05) is 0 Å². The molecule has 2 aromatic rings. The third kappa shape index (κ3) is 2.37. The number of aryl methyl sites for hydroxylation is 1. The second-order valence-corrected chi connectivity index (χ2v) is 5.23. The van der Waals surface area contributed by atoms with Crippen molar-refractivity contribution in [2.45, 2.75) is 32.9 Å². The Bertz CT molecular complexity index is 724. The van der Waals surface area contributed by atoms with E-state index in [0.29, 0.717) is 30.1 Å². The molecule has 1 aliphatic rings. The predicted molar refractivity (Wildman–Crippen MR) is 73.2 cm³/mol. The smallest absolute Gasteiger partial charge is 0.339 e. The molecule has 0 aliphatic carbocycles. The van der Waals surface area contributed by atoms with Crippen molar-refractivity contribution in [1.29, 1.82) is 0 Å². The molecular formula is C15H15FN2O3. The van der Waals surface area contributed by atoms with Crippen molar-refractivity contribution >= 4 is 5.97 Å². The Morgan fingerprint density at radius 2 is 2.29 bits per heavy atom. The first-order chi connectivity index (χ1) is 9.95. The Hall–Kier alpha value is -2.37. The van der Waals surface area contributed by atoms with Gasteiger partial charge in [0.2, 0.25) is 0 Å². The highest BCUT2D eigenvalue weighted by atomic mass is 19.1. The highest BCUT2D eigenvalue weighted by Crippen LogP contribution is 2.30. The summed E-state index contributed by atoms with van der Waals surface area (Å²) in [4.78, 5) is 11.2. The molecule has 3 rings (SSSR count). The molecule has 110 valence electrons. The van der Waals surface area contributed by atoms with E-state index in [1.165, 1.54) is 12.1 Å². The third-order valence-corrected chi connectivity index (χ3v) is 3.74. The first-order valence-electron chi connectivity index (χ1n) is 6.68. The second kappa shape index (κ2) is 4.87. The molecule has 6 heteroatoms. The largest absolute Gasteiger partial charge is 0.488 e. The molecule has 1 aromatic heterocycles. The van der Waals surface area contributed by atoms with Crippen molar-refractivity contribution in [3.63, 3.8) is 0 Å². The topological polar surface area (TPSA) is 64.4 Å². The number of fused-ring (bicyclic) bond motifs is 1. The summed E-state index contributed by atoms with van der Waals surface area (Å²) in [5.41, 5.74) is 2.16. The van der Waals surface area contributed by atoms with E-state index in [1.54, 1.807) is 24.6 Å². The lowest BCUT2D eigenvalue weighted by molar-refractivity contribution is 0.0695. The van der Waals surface area contributed by atoms with Gasteiger partial charge in [-0.15, -0.1) is 0 Å². The maximum Gasteiger partial charge on any atom is 0.339 e. The predicted octanol–water partition coefficient (Wildman–Crippen LogP) is 2.34. The Morgan fingerprint density at radius 3 is 2.95 bits per heavy atom.